The topological polar surface area (TPSA) is 80.2 Å². The molecule has 0 spiro atoms. The third kappa shape index (κ3) is 3.58. The van der Waals surface area contributed by atoms with Crippen LogP contribution >= 0.6 is 0 Å². The lowest BCUT2D eigenvalue weighted by atomic mass is 9.54. The molecule has 1 saturated carbocycles. The van der Waals surface area contributed by atoms with Gasteiger partial charge in [-0.3, -0.25) is 9.59 Å². The Morgan fingerprint density at radius 1 is 1.16 bits per heavy atom. The predicted molar refractivity (Wildman–Crippen MR) is 122 cm³/mol. The number of fused-ring (bicyclic) bond motifs is 5. The molecule has 5 rings (SSSR count). The lowest BCUT2D eigenvalue weighted by Crippen LogP contribution is -2.41. The number of nitrogens with zero attached hydrogens (tertiary/aromatic N) is 2. The van der Waals surface area contributed by atoms with Crippen LogP contribution in [0.25, 0.3) is 5.57 Å². The number of rotatable bonds is 6. The summed E-state index contributed by atoms with van der Waals surface area (Å²) in [6.07, 6.45) is 14.3. The Morgan fingerprint density at radius 2 is 1.97 bits per heavy atom. The molecular weight excluding hydrogens is 400 g/mol. The second kappa shape index (κ2) is 8.27. The van der Waals surface area contributed by atoms with Crippen molar-refractivity contribution in [1.82, 2.24) is 9.97 Å². The van der Waals surface area contributed by atoms with E-state index in [9.17, 15) is 9.59 Å². The second-order valence-corrected chi connectivity index (χ2v) is 9.94. The number of carboxylic acids is 1. The minimum atomic E-state index is -0.845. The summed E-state index contributed by atoms with van der Waals surface area (Å²) in [5.41, 5.74) is 6.27. The molecule has 0 saturated heterocycles. The van der Waals surface area contributed by atoms with Crippen LogP contribution in [-0.4, -0.2) is 26.8 Å². The van der Waals surface area contributed by atoms with Gasteiger partial charge in [-0.2, -0.15) is 0 Å². The summed E-state index contributed by atoms with van der Waals surface area (Å²) >= 11 is 0. The third-order valence-electron chi connectivity index (χ3n) is 8.30. The molecule has 0 bridgehead atoms. The number of ketones is 1. The van der Waals surface area contributed by atoms with Crippen molar-refractivity contribution in [1.29, 1.82) is 0 Å². The number of aromatic nitrogens is 2. The van der Waals surface area contributed by atoms with Gasteiger partial charge in [0.25, 0.3) is 0 Å². The Kier molecular flexibility index (Phi) is 5.44. The van der Waals surface area contributed by atoms with Gasteiger partial charge in [-0.25, -0.2) is 9.97 Å². The summed E-state index contributed by atoms with van der Waals surface area (Å²) in [7, 11) is 0. The van der Waals surface area contributed by atoms with Gasteiger partial charge in [0.1, 0.15) is 6.33 Å². The highest BCUT2D eigenvalue weighted by Crippen LogP contribution is 2.63. The Bertz CT molecular complexity index is 1080. The monoisotopic (exact) mass is 430 g/mol. The van der Waals surface area contributed by atoms with E-state index in [0.717, 1.165) is 24.8 Å². The van der Waals surface area contributed by atoms with Crippen LogP contribution in [0.15, 0.2) is 43.0 Å². The minimum absolute atomic E-state index is 0.0473. The van der Waals surface area contributed by atoms with Crippen LogP contribution in [0.4, 0.5) is 0 Å². The SMILES string of the molecule is C[C@]12CC[C@@H]3c4ccc(C(=O)CCCC(=O)O)cc4CC[C@H]3[C@@H]1CC=C2c1cncnc1. The molecule has 1 N–H and O–H groups in total. The zero-order valence-corrected chi connectivity index (χ0v) is 18.6. The van der Waals surface area contributed by atoms with E-state index in [1.807, 2.05) is 18.5 Å². The molecule has 166 valence electrons. The third-order valence-corrected chi connectivity index (χ3v) is 8.30. The molecule has 0 aliphatic heterocycles. The number of allylic oxidation sites excluding steroid dienone is 2. The van der Waals surface area contributed by atoms with Gasteiger partial charge in [0, 0.05) is 36.4 Å². The fourth-order valence-electron chi connectivity index (χ4n) is 6.75. The molecule has 1 aromatic heterocycles. The lowest BCUT2D eigenvalue weighted by Gasteiger charge is -2.50. The smallest absolute Gasteiger partial charge is 0.303 e. The maximum Gasteiger partial charge on any atom is 0.303 e. The second-order valence-electron chi connectivity index (χ2n) is 9.94. The van der Waals surface area contributed by atoms with Crippen LogP contribution in [0.3, 0.4) is 0 Å². The van der Waals surface area contributed by atoms with Crippen LogP contribution in [0.1, 0.15) is 84.8 Å². The number of hydrogen-bond donors (Lipinski definition) is 1. The molecule has 5 nitrogen and oxygen atoms in total. The normalized spacial score (nSPS) is 28.3. The minimum Gasteiger partial charge on any atom is -0.481 e. The number of hydrogen-bond acceptors (Lipinski definition) is 4. The average molecular weight is 431 g/mol. The molecule has 32 heavy (non-hydrogen) atoms. The molecule has 0 unspecified atom stereocenters. The van der Waals surface area contributed by atoms with Gasteiger partial charge in [0.05, 0.1) is 0 Å². The molecular formula is C27H30N2O3. The summed E-state index contributed by atoms with van der Waals surface area (Å²) in [5, 5.41) is 8.81. The molecule has 1 aromatic carbocycles. The highest BCUT2D eigenvalue weighted by atomic mass is 16.4. The summed E-state index contributed by atoms with van der Waals surface area (Å²) in [4.78, 5) is 31.8. The molecule has 0 radical (unpaired) electrons. The number of benzene rings is 1. The standard InChI is InChI=1S/C27H30N2O3/c1-27-12-11-21-20-7-6-18(25(30)3-2-4-26(31)32)13-17(20)5-8-22(21)24(27)10-9-23(27)19-14-28-16-29-15-19/h6-7,9,13-16,21-22,24H,2-5,8,10-12H2,1H3,(H,31,32)/t21-,22-,24+,27-/m1/s1. The van der Waals surface area contributed by atoms with Crippen molar-refractivity contribution in [3.8, 4) is 0 Å². The van der Waals surface area contributed by atoms with E-state index in [2.05, 4.69) is 35.1 Å². The van der Waals surface area contributed by atoms with Crippen LogP contribution in [0, 0.1) is 17.3 Å². The molecule has 1 fully saturated rings. The number of carbonyl (C=O) groups excluding carboxylic acids is 1. The number of carbonyl (C=O) groups is 2. The fraction of sp³-hybridized carbons (Fsp3) is 0.481. The molecule has 0 amide bonds. The van der Waals surface area contributed by atoms with Crippen molar-refractivity contribution in [2.75, 3.05) is 0 Å². The maximum atomic E-state index is 12.5. The zero-order valence-electron chi connectivity index (χ0n) is 18.6. The highest BCUT2D eigenvalue weighted by molar-refractivity contribution is 5.96. The summed E-state index contributed by atoms with van der Waals surface area (Å²) in [6, 6.07) is 6.24. The van der Waals surface area contributed by atoms with Crippen LogP contribution < -0.4 is 0 Å². The molecule has 2 aromatic rings. The van der Waals surface area contributed by atoms with Crippen molar-refractivity contribution in [2.24, 2.45) is 17.3 Å². The highest BCUT2D eigenvalue weighted by Gasteiger charge is 2.51. The van der Waals surface area contributed by atoms with Crippen molar-refractivity contribution in [3.63, 3.8) is 0 Å². The number of aryl methyl sites for hydroxylation is 1. The van der Waals surface area contributed by atoms with Crippen LogP contribution in [-0.2, 0) is 11.2 Å². The first-order valence-electron chi connectivity index (χ1n) is 11.8. The number of carboxylic acid groups (broad SMARTS) is 1. The number of aliphatic carboxylic acids is 1. The first-order chi connectivity index (χ1) is 15.5. The van der Waals surface area contributed by atoms with Crippen molar-refractivity contribution in [3.05, 3.63) is 65.2 Å². The number of Topliss-reactive ketones (excluding diaryl/α,β-unsaturated/α-hetero) is 1. The van der Waals surface area contributed by atoms with Gasteiger partial charge in [-0.15, -0.1) is 0 Å². The fourth-order valence-corrected chi connectivity index (χ4v) is 6.75. The van der Waals surface area contributed by atoms with Gasteiger partial charge >= 0.3 is 5.97 Å². The first kappa shape index (κ1) is 21.0. The van der Waals surface area contributed by atoms with E-state index < -0.39 is 5.97 Å². The Balaban J connectivity index is 1.34. The zero-order chi connectivity index (χ0) is 22.3. The summed E-state index contributed by atoms with van der Waals surface area (Å²) in [5.74, 6) is 1.08. The van der Waals surface area contributed by atoms with E-state index in [1.165, 1.54) is 35.1 Å². The van der Waals surface area contributed by atoms with Crippen LogP contribution in [0.5, 0.6) is 0 Å². The molecule has 1 heterocycles. The van der Waals surface area contributed by atoms with Gasteiger partial charge in [-0.1, -0.05) is 25.1 Å². The largest absolute Gasteiger partial charge is 0.481 e. The van der Waals surface area contributed by atoms with E-state index >= 15 is 0 Å². The van der Waals surface area contributed by atoms with E-state index in [-0.39, 0.29) is 17.6 Å². The van der Waals surface area contributed by atoms with Gasteiger partial charge in [0.15, 0.2) is 5.78 Å². The molecule has 3 aliphatic carbocycles. The van der Waals surface area contributed by atoms with E-state index in [4.69, 9.17) is 5.11 Å². The van der Waals surface area contributed by atoms with Gasteiger partial charge < -0.3 is 5.11 Å². The Hall–Kier alpha value is -2.82. The summed E-state index contributed by atoms with van der Waals surface area (Å²) < 4.78 is 0. The molecule has 4 atom stereocenters. The van der Waals surface area contributed by atoms with E-state index in [1.54, 1.807) is 6.33 Å². The molecule has 3 aliphatic rings. The lowest BCUT2D eigenvalue weighted by molar-refractivity contribution is -0.137. The van der Waals surface area contributed by atoms with Gasteiger partial charge in [-0.05, 0) is 84.5 Å². The Labute approximate surface area is 189 Å². The predicted octanol–water partition coefficient (Wildman–Crippen LogP) is 5.46. The Morgan fingerprint density at radius 3 is 2.75 bits per heavy atom. The first-order valence-corrected chi connectivity index (χ1v) is 11.8. The average Bonchev–Trinajstić information content (AvgIpc) is 3.16. The molecule has 5 heteroatoms. The maximum absolute atomic E-state index is 12.5. The van der Waals surface area contributed by atoms with Gasteiger partial charge in [0.2, 0.25) is 0 Å². The van der Waals surface area contributed by atoms with Crippen LogP contribution in [0.2, 0.25) is 0 Å². The van der Waals surface area contributed by atoms with Crippen molar-refractivity contribution >= 4 is 17.3 Å². The van der Waals surface area contributed by atoms with Crippen molar-refractivity contribution < 1.29 is 14.7 Å². The van der Waals surface area contributed by atoms with Crippen molar-refractivity contribution in [2.45, 2.75) is 64.2 Å². The van der Waals surface area contributed by atoms with E-state index in [0.29, 0.717) is 30.6 Å². The quantitative estimate of drug-likeness (QED) is 0.615. The summed E-state index contributed by atoms with van der Waals surface area (Å²) in [6.45, 7) is 2.44.